The molecule has 0 radical (unpaired) electrons. The van der Waals surface area contributed by atoms with E-state index in [4.69, 9.17) is 15.2 Å². The molecule has 0 spiro atoms. The van der Waals surface area contributed by atoms with Gasteiger partial charge in [-0.15, -0.1) is 0 Å². The van der Waals surface area contributed by atoms with E-state index in [9.17, 15) is 9.59 Å². The van der Waals surface area contributed by atoms with Gasteiger partial charge >= 0.3 is 5.97 Å². The van der Waals surface area contributed by atoms with Crippen LogP contribution in [0.4, 0.5) is 0 Å². The summed E-state index contributed by atoms with van der Waals surface area (Å²) in [6.07, 6.45) is 2.53. The molecule has 0 fully saturated rings. The molecule has 0 saturated carbocycles. The SMILES string of the molecule is C=CCOc1ccc(CC(N)C(=O)NC(CC(C)C)C(=O)OC)cc1. The van der Waals surface area contributed by atoms with Crippen LogP contribution in [0.1, 0.15) is 25.8 Å². The third-order valence-corrected chi connectivity index (χ3v) is 3.59. The molecule has 25 heavy (non-hydrogen) atoms. The molecule has 0 aromatic heterocycles. The minimum absolute atomic E-state index is 0.240. The Balaban J connectivity index is 2.62. The van der Waals surface area contributed by atoms with Gasteiger partial charge in [0.2, 0.25) is 5.91 Å². The van der Waals surface area contributed by atoms with E-state index < -0.39 is 18.1 Å². The number of nitrogens with two attached hydrogens (primary N) is 1. The number of esters is 1. The second kappa shape index (κ2) is 10.5. The third kappa shape index (κ3) is 7.39. The van der Waals surface area contributed by atoms with E-state index in [1.807, 2.05) is 38.1 Å². The number of ether oxygens (including phenoxy) is 2. The summed E-state index contributed by atoms with van der Waals surface area (Å²) in [5.74, 6) is 0.133. The molecule has 2 atom stereocenters. The number of hydrogen-bond donors (Lipinski definition) is 2. The third-order valence-electron chi connectivity index (χ3n) is 3.59. The highest BCUT2D eigenvalue weighted by Crippen LogP contribution is 2.13. The van der Waals surface area contributed by atoms with Crippen molar-refractivity contribution in [3.05, 3.63) is 42.5 Å². The van der Waals surface area contributed by atoms with Gasteiger partial charge in [0.25, 0.3) is 0 Å². The molecule has 3 N–H and O–H groups in total. The second-order valence-corrected chi connectivity index (χ2v) is 6.27. The lowest BCUT2D eigenvalue weighted by molar-refractivity contribution is -0.145. The Hall–Kier alpha value is -2.34. The largest absolute Gasteiger partial charge is 0.490 e. The number of nitrogens with one attached hydrogen (secondary N) is 1. The van der Waals surface area contributed by atoms with Gasteiger partial charge in [-0.25, -0.2) is 4.79 Å². The van der Waals surface area contributed by atoms with Crippen molar-refractivity contribution >= 4 is 11.9 Å². The molecule has 6 nitrogen and oxygen atoms in total. The van der Waals surface area contributed by atoms with Gasteiger partial charge in [-0.1, -0.05) is 38.6 Å². The Bertz CT molecular complexity index is 569. The smallest absolute Gasteiger partial charge is 0.328 e. The summed E-state index contributed by atoms with van der Waals surface area (Å²) in [7, 11) is 1.30. The van der Waals surface area contributed by atoms with Crippen LogP contribution in [-0.4, -0.2) is 37.7 Å². The number of hydrogen-bond acceptors (Lipinski definition) is 5. The Morgan fingerprint density at radius 1 is 1.28 bits per heavy atom. The van der Waals surface area contributed by atoms with Crippen molar-refractivity contribution in [2.45, 2.75) is 38.8 Å². The first-order valence-corrected chi connectivity index (χ1v) is 8.33. The first-order chi connectivity index (χ1) is 11.9. The fourth-order valence-electron chi connectivity index (χ4n) is 2.33. The summed E-state index contributed by atoms with van der Waals surface area (Å²) in [5, 5.41) is 2.68. The van der Waals surface area contributed by atoms with Crippen molar-refractivity contribution in [2.24, 2.45) is 11.7 Å². The Morgan fingerprint density at radius 2 is 1.92 bits per heavy atom. The van der Waals surface area contributed by atoms with Crippen LogP contribution in [0.25, 0.3) is 0 Å². The zero-order valence-corrected chi connectivity index (χ0v) is 15.2. The summed E-state index contributed by atoms with van der Waals surface area (Å²) in [5.41, 5.74) is 6.89. The maximum atomic E-state index is 12.3. The van der Waals surface area contributed by atoms with Gasteiger partial charge < -0.3 is 20.5 Å². The zero-order chi connectivity index (χ0) is 18.8. The van der Waals surface area contributed by atoms with Gasteiger partial charge in [0.1, 0.15) is 18.4 Å². The standard InChI is InChI=1S/C19H28N2O4/c1-5-10-25-15-8-6-14(7-9-15)12-16(20)18(22)21-17(11-13(2)3)19(23)24-4/h5-9,13,16-17H,1,10-12,20H2,2-4H3,(H,21,22). The first kappa shape index (κ1) is 20.7. The number of benzene rings is 1. The highest BCUT2D eigenvalue weighted by molar-refractivity contribution is 5.87. The van der Waals surface area contributed by atoms with Crippen LogP contribution in [0.5, 0.6) is 5.75 Å². The number of amides is 1. The van der Waals surface area contributed by atoms with Crippen LogP contribution in [0.2, 0.25) is 0 Å². The highest BCUT2D eigenvalue weighted by Gasteiger charge is 2.25. The molecule has 6 heteroatoms. The van der Waals surface area contributed by atoms with E-state index in [-0.39, 0.29) is 11.8 Å². The van der Waals surface area contributed by atoms with Crippen molar-refractivity contribution in [2.75, 3.05) is 13.7 Å². The van der Waals surface area contributed by atoms with Crippen LogP contribution < -0.4 is 15.8 Å². The highest BCUT2D eigenvalue weighted by atomic mass is 16.5. The molecule has 0 saturated heterocycles. The van der Waals surface area contributed by atoms with Crippen molar-refractivity contribution in [1.29, 1.82) is 0 Å². The van der Waals surface area contributed by atoms with Crippen molar-refractivity contribution < 1.29 is 19.1 Å². The average Bonchev–Trinajstić information content (AvgIpc) is 2.59. The van der Waals surface area contributed by atoms with Crippen LogP contribution in [0, 0.1) is 5.92 Å². The van der Waals surface area contributed by atoms with Gasteiger partial charge in [-0.2, -0.15) is 0 Å². The predicted molar refractivity (Wildman–Crippen MR) is 97.2 cm³/mol. The molecule has 0 aliphatic heterocycles. The monoisotopic (exact) mass is 348 g/mol. The second-order valence-electron chi connectivity index (χ2n) is 6.27. The Kier molecular flexibility index (Phi) is 8.70. The lowest BCUT2D eigenvalue weighted by Crippen LogP contribution is -2.49. The van der Waals surface area contributed by atoms with Gasteiger partial charge in [0.15, 0.2) is 0 Å². The fraction of sp³-hybridized carbons (Fsp3) is 0.474. The van der Waals surface area contributed by atoms with Gasteiger partial charge in [-0.05, 0) is 36.5 Å². The molecule has 138 valence electrons. The molecule has 0 aliphatic carbocycles. The molecule has 2 unspecified atom stereocenters. The van der Waals surface area contributed by atoms with Crippen molar-refractivity contribution in [3.63, 3.8) is 0 Å². The number of carbonyl (C=O) groups is 2. The molecule has 0 heterocycles. The lowest BCUT2D eigenvalue weighted by atomic mass is 10.0. The molecule has 1 aromatic carbocycles. The fourth-order valence-corrected chi connectivity index (χ4v) is 2.33. The number of methoxy groups -OCH3 is 1. The summed E-state index contributed by atoms with van der Waals surface area (Å²) in [6, 6.07) is 5.92. The Labute approximate surface area is 149 Å². The topological polar surface area (TPSA) is 90.6 Å². The van der Waals surface area contributed by atoms with Gasteiger partial charge in [0.05, 0.1) is 13.2 Å². The molecular formula is C19H28N2O4. The maximum absolute atomic E-state index is 12.3. The predicted octanol–water partition coefficient (Wildman–Crippen LogP) is 1.83. The van der Waals surface area contributed by atoms with Crippen LogP contribution in [0.15, 0.2) is 36.9 Å². The van der Waals surface area contributed by atoms with Crippen LogP contribution in [-0.2, 0) is 20.7 Å². The quantitative estimate of drug-likeness (QED) is 0.497. The number of rotatable bonds is 10. The van der Waals surface area contributed by atoms with E-state index in [1.165, 1.54) is 7.11 Å². The molecule has 1 rings (SSSR count). The van der Waals surface area contributed by atoms with E-state index in [0.717, 1.165) is 11.3 Å². The molecule has 0 aliphatic rings. The van der Waals surface area contributed by atoms with Crippen molar-refractivity contribution in [1.82, 2.24) is 5.32 Å². The average molecular weight is 348 g/mol. The summed E-state index contributed by atoms with van der Waals surface area (Å²) < 4.78 is 10.2. The van der Waals surface area contributed by atoms with E-state index in [1.54, 1.807) is 6.08 Å². The van der Waals surface area contributed by atoms with Gasteiger partial charge in [-0.3, -0.25) is 4.79 Å². The van der Waals surface area contributed by atoms with Crippen molar-refractivity contribution in [3.8, 4) is 5.75 Å². The van der Waals surface area contributed by atoms with E-state index >= 15 is 0 Å². The molecular weight excluding hydrogens is 320 g/mol. The zero-order valence-electron chi connectivity index (χ0n) is 15.2. The lowest BCUT2D eigenvalue weighted by Gasteiger charge is -2.20. The molecule has 1 aromatic rings. The van der Waals surface area contributed by atoms with Gasteiger partial charge in [0, 0.05) is 0 Å². The summed E-state index contributed by atoms with van der Waals surface area (Å²) in [4.78, 5) is 24.1. The molecule has 1 amide bonds. The minimum atomic E-state index is -0.751. The minimum Gasteiger partial charge on any atom is -0.490 e. The normalized spacial score (nSPS) is 13.0. The number of carbonyl (C=O) groups excluding carboxylic acids is 2. The van der Waals surface area contributed by atoms with Crippen LogP contribution in [0.3, 0.4) is 0 Å². The van der Waals surface area contributed by atoms with Crippen LogP contribution >= 0.6 is 0 Å². The van der Waals surface area contributed by atoms with E-state index in [2.05, 4.69) is 11.9 Å². The molecule has 0 bridgehead atoms. The Morgan fingerprint density at radius 3 is 2.44 bits per heavy atom. The maximum Gasteiger partial charge on any atom is 0.328 e. The summed E-state index contributed by atoms with van der Waals surface area (Å²) >= 11 is 0. The first-order valence-electron chi connectivity index (χ1n) is 8.33. The summed E-state index contributed by atoms with van der Waals surface area (Å²) in [6.45, 7) is 7.97. The van der Waals surface area contributed by atoms with E-state index in [0.29, 0.717) is 19.4 Å².